The Balaban J connectivity index is 2.03. The van der Waals surface area contributed by atoms with Crippen molar-refractivity contribution in [2.45, 2.75) is 13.3 Å². The summed E-state index contributed by atoms with van der Waals surface area (Å²) in [4.78, 5) is 7.99. The van der Waals surface area contributed by atoms with Crippen molar-refractivity contribution in [2.24, 2.45) is 9.98 Å². The zero-order valence-corrected chi connectivity index (χ0v) is 6.08. The molecule has 1 rings (SSSR count). The van der Waals surface area contributed by atoms with Crippen molar-refractivity contribution in [3.05, 3.63) is 6.17 Å². The Kier molecular flexibility index (Phi) is 2.96. The van der Waals surface area contributed by atoms with Crippen LogP contribution < -0.4 is 0 Å². The number of rotatable bonds is 4. The molecule has 3 heteroatoms. The molecule has 10 heavy (non-hydrogen) atoms. The summed E-state index contributed by atoms with van der Waals surface area (Å²) in [6.45, 7) is 3.47. The van der Waals surface area contributed by atoms with E-state index in [-0.39, 0.29) is 0 Å². The van der Waals surface area contributed by atoms with Crippen LogP contribution in [0.1, 0.15) is 13.3 Å². The lowest BCUT2D eigenvalue weighted by Crippen LogP contribution is -1.97. The molecule has 0 bridgehead atoms. The van der Waals surface area contributed by atoms with E-state index in [4.69, 9.17) is 4.74 Å². The molecule has 1 heterocycles. The van der Waals surface area contributed by atoms with E-state index in [2.05, 4.69) is 9.98 Å². The maximum atomic E-state index is 5.13. The fraction of sp³-hybridized carbons (Fsp3) is 0.571. The van der Waals surface area contributed by atoms with Crippen LogP contribution in [0.4, 0.5) is 0 Å². The zero-order valence-electron chi connectivity index (χ0n) is 6.08. The highest BCUT2D eigenvalue weighted by atomic mass is 16.5. The zero-order chi connectivity index (χ0) is 7.23. The predicted octanol–water partition coefficient (Wildman–Crippen LogP) is 1.06. The van der Waals surface area contributed by atoms with Gasteiger partial charge in [-0.25, -0.2) is 0 Å². The number of nitrogens with zero attached hydrogens (tertiary/aromatic N) is 2. The van der Waals surface area contributed by atoms with Gasteiger partial charge in [0.15, 0.2) is 12.4 Å². The third-order valence-corrected chi connectivity index (χ3v) is 1.19. The molecule has 0 aliphatic carbocycles. The van der Waals surface area contributed by atoms with E-state index in [1.54, 1.807) is 12.4 Å². The van der Waals surface area contributed by atoms with Crippen LogP contribution in [0, 0.1) is 6.17 Å². The molecule has 0 atom stereocenters. The van der Waals surface area contributed by atoms with E-state index < -0.39 is 0 Å². The first-order valence-electron chi connectivity index (χ1n) is 3.43. The molecule has 3 nitrogen and oxygen atoms in total. The second kappa shape index (κ2) is 4.06. The normalized spacial score (nSPS) is 15.1. The Morgan fingerprint density at radius 1 is 1.40 bits per heavy atom. The molecule has 0 fully saturated rings. The lowest BCUT2D eigenvalue weighted by molar-refractivity contribution is 0.147. The third-order valence-electron chi connectivity index (χ3n) is 1.19. The molecule has 0 aromatic rings. The molecule has 0 amide bonds. The van der Waals surface area contributed by atoms with E-state index in [9.17, 15) is 0 Å². The molecule has 0 aromatic carbocycles. The van der Waals surface area contributed by atoms with Crippen molar-refractivity contribution >= 4 is 12.4 Å². The molecule has 1 aliphatic heterocycles. The smallest absolute Gasteiger partial charge is 0.243 e. The summed E-state index contributed by atoms with van der Waals surface area (Å²) in [5.41, 5.74) is 0. The van der Waals surface area contributed by atoms with E-state index in [0.717, 1.165) is 25.8 Å². The number of hydrogen-bond donors (Lipinski definition) is 0. The van der Waals surface area contributed by atoms with E-state index in [1.165, 1.54) is 0 Å². The summed E-state index contributed by atoms with van der Waals surface area (Å²) in [6.07, 6.45) is 5.08. The minimum Gasteiger partial charge on any atom is -0.380 e. The summed E-state index contributed by atoms with van der Waals surface area (Å²) >= 11 is 0. The summed E-state index contributed by atoms with van der Waals surface area (Å²) in [5.74, 6) is 0. The minimum absolute atomic E-state index is 0.723. The standard InChI is InChI=1S/C7H11N2O/c1-2-10-6-3-7-8-4-5-9-7/h4-5H,2-3,6H2,1H3/q+1. The maximum Gasteiger partial charge on any atom is 0.243 e. The van der Waals surface area contributed by atoms with Crippen LogP contribution in [-0.4, -0.2) is 25.6 Å². The molecular formula is C7H11N2O+. The molecule has 0 N–H and O–H groups in total. The van der Waals surface area contributed by atoms with Crippen molar-refractivity contribution in [3.63, 3.8) is 0 Å². The van der Waals surface area contributed by atoms with E-state index >= 15 is 0 Å². The van der Waals surface area contributed by atoms with Gasteiger partial charge in [-0.2, -0.15) is 0 Å². The van der Waals surface area contributed by atoms with Crippen molar-refractivity contribution < 1.29 is 4.74 Å². The Hall–Kier alpha value is -0.830. The first-order valence-corrected chi connectivity index (χ1v) is 3.43. The van der Waals surface area contributed by atoms with Crippen LogP contribution in [-0.2, 0) is 4.74 Å². The summed E-state index contributed by atoms with van der Waals surface area (Å²) in [5, 5.41) is 0. The van der Waals surface area contributed by atoms with Gasteiger partial charge >= 0.3 is 0 Å². The molecule has 0 unspecified atom stereocenters. The van der Waals surface area contributed by atoms with Gasteiger partial charge in [0.25, 0.3) is 0 Å². The van der Waals surface area contributed by atoms with Crippen molar-refractivity contribution in [3.8, 4) is 0 Å². The minimum atomic E-state index is 0.723. The van der Waals surface area contributed by atoms with E-state index in [1.807, 2.05) is 6.92 Å². The Morgan fingerprint density at radius 3 is 2.70 bits per heavy atom. The van der Waals surface area contributed by atoms with Crippen molar-refractivity contribution in [1.82, 2.24) is 0 Å². The van der Waals surface area contributed by atoms with Crippen LogP contribution in [0.25, 0.3) is 0 Å². The molecular weight excluding hydrogens is 128 g/mol. The molecule has 0 saturated carbocycles. The van der Waals surface area contributed by atoms with Gasteiger partial charge < -0.3 is 4.74 Å². The first-order chi connectivity index (χ1) is 4.93. The van der Waals surface area contributed by atoms with Crippen LogP contribution in [0.2, 0.25) is 0 Å². The highest BCUT2D eigenvalue weighted by Crippen LogP contribution is 2.11. The molecule has 0 radical (unpaired) electrons. The number of hydrogen-bond acceptors (Lipinski definition) is 3. The average Bonchev–Trinajstić information content (AvgIpc) is 2.41. The van der Waals surface area contributed by atoms with Gasteiger partial charge in [0.1, 0.15) is 0 Å². The summed E-state index contributed by atoms with van der Waals surface area (Å²) in [6, 6.07) is 0. The Bertz CT molecular complexity index is 131. The van der Waals surface area contributed by atoms with Crippen LogP contribution in [0.15, 0.2) is 9.98 Å². The van der Waals surface area contributed by atoms with Gasteiger partial charge in [-0.1, -0.05) is 9.98 Å². The first kappa shape index (κ1) is 7.28. The fourth-order valence-electron chi connectivity index (χ4n) is 0.709. The molecule has 0 saturated heterocycles. The Morgan fingerprint density at radius 2 is 2.10 bits per heavy atom. The third kappa shape index (κ3) is 2.19. The second-order valence-corrected chi connectivity index (χ2v) is 1.92. The molecule has 1 aliphatic rings. The highest BCUT2D eigenvalue weighted by molar-refractivity contribution is 6.18. The highest BCUT2D eigenvalue weighted by Gasteiger charge is 2.14. The average molecular weight is 139 g/mol. The fourth-order valence-corrected chi connectivity index (χ4v) is 0.709. The topological polar surface area (TPSA) is 34.0 Å². The van der Waals surface area contributed by atoms with Gasteiger partial charge in [-0.05, 0) is 6.92 Å². The van der Waals surface area contributed by atoms with Crippen molar-refractivity contribution in [1.29, 1.82) is 0 Å². The van der Waals surface area contributed by atoms with E-state index in [0.29, 0.717) is 0 Å². The van der Waals surface area contributed by atoms with Crippen LogP contribution in [0.3, 0.4) is 0 Å². The van der Waals surface area contributed by atoms with Gasteiger partial charge in [0, 0.05) is 6.61 Å². The summed E-state index contributed by atoms with van der Waals surface area (Å²) < 4.78 is 5.13. The lowest BCUT2D eigenvalue weighted by Gasteiger charge is -1.96. The molecule has 54 valence electrons. The quantitative estimate of drug-likeness (QED) is 0.423. The van der Waals surface area contributed by atoms with Gasteiger partial charge in [-0.15, -0.1) is 0 Å². The number of ether oxygens (including phenoxy) is 1. The second-order valence-electron chi connectivity index (χ2n) is 1.92. The maximum absolute atomic E-state index is 5.13. The SMILES string of the molecule is CCOCC[C+]1N=CC=N1. The summed E-state index contributed by atoms with van der Waals surface area (Å²) in [7, 11) is 0. The molecule has 0 spiro atoms. The van der Waals surface area contributed by atoms with Crippen molar-refractivity contribution in [2.75, 3.05) is 13.2 Å². The van der Waals surface area contributed by atoms with Gasteiger partial charge in [0.2, 0.25) is 6.17 Å². The Labute approximate surface area is 60.8 Å². The van der Waals surface area contributed by atoms with Gasteiger partial charge in [-0.3, -0.25) is 0 Å². The largest absolute Gasteiger partial charge is 0.380 e. The van der Waals surface area contributed by atoms with Crippen LogP contribution >= 0.6 is 0 Å². The number of aliphatic imine (C=N–C) groups is 2. The monoisotopic (exact) mass is 139 g/mol. The van der Waals surface area contributed by atoms with Crippen LogP contribution in [0.5, 0.6) is 0 Å². The van der Waals surface area contributed by atoms with Gasteiger partial charge in [0.05, 0.1) is 13.0 Å². The lowest BCUT2D eigenvalue weighted by atomic mass is 10.4. The predicted molar refractivity (Wildman–Crippen MR) is 41.3 cm³/mol. The molecule has 0 aromatic heterocycles.